The Bertz CT molecular complexity index is 4080. The van der Waals surface area contributed by atoms with Gasteiger partial charge in [0.05, 0.1) is 34.8 Å². The monoisotopic (exact) mass is 7170 g/mol. The van der Waals surface area contributed by atoms with Crippen LogP contribution in [0.5, 0.6) is 0 Å². The molecule has 3 aliphatic heterocycles. The first-order chi connectivity index (χ1) is 57.6. The molecule has 790 valence electrons. The van der Waals surface area contributed by atoms with Crippen LogP contribution in [0, 0.1) is 0 Å². The molecule has 9 rings (SSSR count). The standard InChI is InChI=1S/C22H24INO2.2C22H25NO2.6CH4.I46.3H2S/c1-16(19-11-7-4-8-12-19)24-17(2)21(13-20(24)14-23)22(25)26-15-18-9-5-3-6-10-18;2*1-16-14-21(22(24)25-15-19-10-6-4-7-11-19)18(3)23(16)17(2)20-12-8-5-9-13-20;;;;;;;1-25(2)27(5)29(7)31(9)33(11)35(13)37(15)39(17)41(19)43(21)45(23)46(24)44(22)42(20)40(18)38(16)36(14)34(12)32(10)30(8)28(6)26(3)4;;;/h3-12,16,20H,13-15H2,1-2H3;2*4-13,16-17H,14-15H2,1-3H3;6*1H4;;3*1H2/t16-,20?;16-,17+;16-,17-;;;;;;;;;;/m010........../s1. The molecule has 0 aliphatic carbocycles. The number of carbonyl (C=O) groups excluding carboxylic acids is 3. The predicted octanol–water partition coefficient (Wildman–Crippen LogP) is 59.9. The normalized spacial score (nSPS) is 17.2. The van der Waals surface area contributed by atoms with E-state index in [0.29, 0.717) is 25.9 Å². The molecule has 6 aromatic rings. The van der Waals surface area contributed by atoms with Crippen molar-refractivity contribution in [2.24, 2.45) is 0 Å². The molecule has 9 nitrogen and oxygen atoms in total. The smallest absolute Gasteiger partial charge is 0.197 e. The molecule has 0 radical (unpaired) electrons. The van der Waals surface area contributed by atoms with E-state index in [1.54, 1.807) is 0 Å². The van der Waals surface area contributed by atoms with E-state index in [4.69, 9.17) is 14.2 Å². The number of carbonyl (C=O) groups is 3. The van der Waals surface area contributed by atoms with Crippen molar-refractivity contribution in [3.8, 4) is 0 Å². The maximum absolute atomic E-state index is 12.7. The number of halogens is 47. The number of hydrogen-bond acceptors (Lipinski definition) is 9. The number of hydrogen-bond donors (Lipinski definition) is 0. The van der Waals surface area contributed by atoms with Crippen LogP contribution < -0.4 is 0 Å². The van der Waals surface area contributed by atoms with Gasteiger partial charge in [0.2, 0.25) is 0 Å². The fraction of sp³-hybridized carbons (Fsp3) is 0.375. The largest absolute Gasteiger partial charge is 0.197 e. The Balaban J connectivity index is -0.000000829. The first kappa shape index (κ1) is 165. The molecule has 131 heavy (non-hydrogen) atoms. The Labute approximate surface area is 1130 Å². The zero-order chi connectivity index (χ0) is 90.8. The molecule has 0 amide bonds. The summed E-state index contributed by atoms with van der Waals surface area (Å²) in [6.07, 6.45) is 2.22. The van der Waals surface area contributed by atoms with Crippen LogP contribution in [0.15, 0.2) is 216 Å². The molecule has 0 saturated carbocycles. The molecule has 6 atom stereocenters. The van der Waals surface area contributed by atoms with Crippen molar-refractivity contribution in [1.82, 2.24) is 14.7 Å². The number of nitrogens with zero attached hydrogens (tertiary/aromatic N) is 3. The fourth-order valence-electron chi connectivity index (χ4n) is 11.5. The summed E-state index contributed by atoms with van der Waals surface area (Å²) in [5.74, 6) is -0.587. The summed E-state index contributed by atoms with van der Waals surface area (Å²) >= 11 is 80.4. The number of allylic oxidation sites excluding steroid dienone is 3. The number of benzene rings is 6. The zero-order valence-corrected chi connectivity index (χ0v) is 169. The summed E-state index contributed by atoms with van der Waals surface area (Å²) < 4.78 is 17.6. The van der Waals surface area contributed by atoms with Crippen molar-refractivity contribution >= 4 is 701 Å². The van der Waals surface area contributed by atoms with Gasteiger partial charge in [-0.25, -0.2) is 14.4 Å². The van der Waals surface area contributed by atoms with Gasteiger partial charge < -0.3 is 28.9 Å². The predicted molar refractivity (Wildman–Crippen MR) is 1030 cm³/mol. The Morgan fingerprint density at radius 2 is 0.458 bits per heavy atom. The number of esters is 3. The minimum absolute atomic E-state index is 0. The SMILES string of the molecule is C.C.C.C.C.C.CC1=C(C(=O)OCc2ccccc2)CC(CI)N1[C@@H](C)c1ccccc1.CC1=C(C(=O)OCc2ccccc2)C[C@@H](C)N1[C@@H](C)c1ccccc1.CC1=C(C(=O)OCc2ccccc2)C[C@H](C)N1[C@@H](C)c1ccccc1.II(I)I(I)I(I)I(I)I(I)I(I)I(I)I(I)I(I)I(I)I(I)I(I)I(I)I(I)I(I)I(I)I(I)I(I)I(I)I(I)I(I)I(I)I.S.S.S. The molecule has 3 aliphatic rings. The molecule has 0 aromatic heterocycles. The fourth-order valence-corrected chi connectivity index (χ4v) is 8390. The van der Waals surface area contributed by atoms with Gasteiger partial charge >= 0.3 is 638 Å². The molecule has 0 bridgehead atoms. The second-order valence-corrected chi connectivity index (χ2v) is 1100. The number of ether oxygens (including phenoxy) is 3. The van der Waals surface area contributed by atoms with Crippen molar-refractivity contribution in [3.05, 3.63) is 249 Å². The first-order valence-electron chi connectivity index (χ1n) is 33.0. The van der Waals surface area contributed by atoms with Crippen LogP contribution in [0.4, 0.5) is 0 Å². The van der Waals surface area contributed by atoms with E-state index >= 15 is 0 Å². The van der Waals surface area contributed by atoms with Gasteiger partial charge in [0.15, 0.2) is 0 Å². The van der Waals surface area contributed by atoms with Gasteiger partial charge in [-0.2, -0.15) is 40.5 Å². The van der Waals surface area contributed by atoms with Crippen molar-refractivity contribution < 1.29 is 28.6 Å². The van der Waals surface area contributed by atoms with Gasteiger partial charge in [-0.1, -0.05) is 249 Å². The first-order valence-corrected chi connectivity index (χ1v) is 317. The topological polar surface area (TPSA) is 88.6 Å². The molecule has 59 heteroatoms. The van der Waals surface area contributed by atoms with E-state index < -0.39 is 174 Å². The molecule has 6 aromatic carbocycles. The quantitative estimate of drug-likeness (QED) is 0.0164. The molecule has 1 unspecified atom stereocenters. The van der Waals surface area contributed by atoms with Crippen molar-refractivity contribution in [3.63, 3.8) is 0 Å². The van der Waals surface area contributed by atoms with Gasteiger partial charge in [-0.05, 0) is 88.8 Å². The molecule has 0 spiro atoms. The van der Waals surface area contributed by atoms with E-state index in [2.05, 4.69) is 591 Å². The summed E-state index contributed by atoms with van der Waals surface area (Å²) in [5.41, 5.74) is 12.3. The Hall–Kier alpha value is 27.7. The maximum Gasteiger partial charge on any atom is -0.197 e. The number of alkyl halides is 1. The third-order valence-corrected chi connectivity index (χ3v) is 3490. The average molecular weight is 7170 g/mol. The van der Waals surface area contributed by atoms with Gasteiger partial charge in [0, 0.05) is 58.9 Å². The minimum Gasteiger partial charge on any atom is -0.197 e. The molecular formula is C72H104I47N3O6S3. The van der Waals surface area contributed by atoms with Gasteiger partial charge in [-0.15, -0.1) is 0 Å². The van der Waals surface area contributed by atoms with E-state index in [0.717, 1.165) is 74.2 Å². The molecule has 0 fully saturated rings. The van der Waals surface area contributed by atoms with Crippen LogP contribution in [-0.4, -0.2) is 55.2 Å². The van der Waals surface area contributed by atoms with Crippen LogP contribution in [0.2, 0.25) is 0 Å². The second kappa shape index (κ2) is 91.5. The van der Waals surface area contributed by atoms with E-state index in [1.807, 2.05) is 130 Å². The summed E-state index contributed by atoms with van der Waals surface area (Å²) in [4.78, 5) is 44.9. The van der Waals surface area contributed by atoms with Crippen LogP contribution in [0.1, 0.15) is 171 Å². The third kappa shape index (κ3) is 56.3. The Morgan fingerprint density at radius 1 is 0.290 bits per heavy atom. The molecule has 0 saturated heterocycles. The van der Waals surface area contributed by atoms with E-state index in [1.165, 1.54) is 16.7 Å². The van der Waals surface area contributed by atoms with Crippen molar-refractivity contribution in [1.29, 1.82) is 0 Å². The summed E-state index contributed by atoms with van der Waals surface area (Å²) in [7, 11) is -11.5. The zero-order valence-electron chi connectivity index (χ0n) is 64.3. The van der Waals surface area contributed by atoms with Crippen LogP contribution in [0.25, 0.3) is 0 Å². The van der Waals surface area contributed by atoms with E-state index in [9.17, 15) is 14.4 Å². The number of rotatable bonds is 37. The maximum atomic E-state index is 12.7. The van der Waals surface area contributed by atoms with Gasteiger partial charge in [0.1, 0.15) is 19.8 Å². The van der Waals surface area contributed by atoms with Gasteiger partial charge in [-0.3, -0.25) is 0 Å². The minimum atomic E-state index is -0.564. The Kier molecular flexibility index (Phi) is 115. The summed E-state index contributed by atoms with van der Waals surface area (Å²) in [6, 6.07) is 62.3. The van der Waals surface area contributed by atoms with Crippen LogP contribution in [-0.2, 0) is 48.4 Å². The molecule has 0 N–H and O–H groups in total. The third-order valence-electron chi connectivity index (χ3n) is 16.6. The van der Waals surface area contributed by atoms with E-state index in [-0.39, 0.29) is 133 Å². The summed E-state index contributed by atoms with van der Waals surface area (Å²) in [6.45, 7) is 18.0. The molecule has 3 heterocycles. The van der Waals surface area contributed by atoms with Crippen LogP contribution >= 0.6 is 684 Å². The Morgan fingerprint density at radius 3 is 0.649 bits per heavy atom. The second-order valence-electron chi connectivity index (χ2n) is 23.5. The summed E-state index contributed by atoms with van der Waals surface area (Å²) in [5, 5.41) is 0. The van der Waals surface area contributed by atoms with Crippen molar-refractivity contribution in [2.45, 2.75) is 175 Å². The molecular weight excluding hydrogens is 7060 g/mol. The van der Waals surface area contributed by atoms with Crippen molar-refractivity contribution in [2.75, 3.05) is 4.43 Å². The van der Waals surface area contributed by atoms with Crippen LogP contribution in [0.3, 0.4) is 0 Å². The van der Waals surface area contributed by atoms with Gasteiger partial charge in [0.25, 0.3) is 0 Å². The average Bonchev–Trinajstić information content (AvgIpc) is 1.66.